The van der Waals surface area contributed by atoms with E-state index in [9.17, 15) is 10.1 Å². The van der Waals surface area contributed by atoms with Crippen LogP contribution in [0.15, 0.2) is 30.3 Å². The number of primary amides is 1. The van der Waals surface area contributed by atoms with Gasteiger partial charge in [-0.15, -0.1) is 0 Å². The minimum absolute atomic E-state index is 0.0475. The van der Waals surface area contributed by atoms with Crippen molar-refractivity contribution in [3.05, 3.63) is 52.7 Å². The van der Waals surface area contributed by atoms with Gasteiger partial charge >= 0.3 is 0 Å². The Morgan fingerprint density at radius 2 is 2.09 bits per heavy atom. The van der Waals surface area contributed by atoms with Gasteiger partial charge < -0.3 is 20.5 Å². The van der Waals surface area contributed by atoms with Crippen LogP contribution < -0.4 is 20.5 Å². The number of nitrogens with two attached hydrogens (primary N) is 1. The standard InChI is InChI=1S/C26H26ClN4O3/c1-2-33-18-9-10-19-22(13-18)31-25(26(29)32)20(14-28)24(19)30-17-8-11-23(21(27)12-17)34-15-16-6-4-3-5-7-16/h8,10-13,16H,2-7,15H2,1H3,(H2,29,32)(H,30,31). The summed E-state index contributed by atoms with van der Waals surface area (Å²) in [6.07, 6.45) is 6.18. The summed E-state index contributed by atoms with van der Waals surface area (Å²) in [6.45, 7) is 2.97. The van der Waals surface area contributed by atoms with E-state index in [1.54, 1.807) is 24.3 Å². The number of hydrogen-bond donors (Lipinski definition) is 2. The van der Waals surface area contributed by atoms with Crippen LogP contribution >= 0.6 is 11.6 Å². The number of nitriles is 1. The molecule has 1 aliphatic carbocycles. The molecule has 1 fully saturated rings. The number of rotatable bonds is 8. The molecule has 1 heterocycles. The molecule has 0 saturated heterocycles. The van der Waals surface area contributed by atoms with Gasteiger partial charge in [-0.2, -0.15) is 5.26 Å². The number of nitrogens with zero attached hydrogens (tertiary/aromatic N) is 2. The van der Waals surface area contributed by atoms with E-state index in [-0.39, 0.29) is 11.3 Å². The molecule has 0 spiro atoms. The number of fused-ring (bicyclic) bond motifs is 1. The van der Waals surface area contributed by atoms with Crippen molar-refractivity contribution in [2.24, 2.45) is 11.7 Å². The van der Waals surface area contributed by atoms with Crippen molar-refractivity contribution < 1.29 is 14.3 Å². The zero-order valence-corrected chi connectivity index (χ0v) is 19.7. The van der Waals surface area contributed by atoms with Gasteiger partial charge in [-0.3, -0.25) is 4.79 Å². The number of benzene rings is 2. The first-order chi connectivity index (χ1) is 16.5. The first-order valence-corrected chi connectivity index (χ1v) is 11.8. The highest BCUT2D eigenvalue weighted by Crippen LogP contribution is 2.35. The number of nitrogens with one attached hydrogen (secondary N) is 1. The smallest absolute Gasteiger partial charge is 0.268 e. The van der Waals surface area contributed by atoms with Crippen molar-refractivity contribution in [1.29, 1.82) is 5.26 Å². The van der Waals surface area contributed by atoms with Crippen LogP contribution in [0.4, 0.5) is 11.4 Å². The summed E-state index contributed by atoms with van der Waals surface area (Å²) < 4.78 is 11.5. The Morgan fingerprint density at radius 3 is 2.76 bits per heavy atom. The summed E-state index contributed by atoms with van der Waals surface area (Å²) in [4.78, 5) is 16.4. The zero-order chi connectivity index (χ0) is 24.1. The van der Waals surface area contributed by atoms with E-state index in [1.165, 1.54) is 32.1 Å². The second-order valence-corrected chi connectivity index (χ2v) is 8.71. The fourth-order valence-electron chi connectivity index (χ4n) is 4.24. The third-order valence-electron chi connectivity index (χ3n) is 5.94. The SMILES string of the molecule is CCOc1[c]cc2c(Nc3ccc(OCC4CCCCC4)c(Cl)c3)c(C#N)c(C(N)=O)nc2c1. The maximum atomic E-state index is 12.0. The molecule has 0 unspecified atom stereocenters. The number of ether oxygens (including phenoxy) is 2. The van der Waals surface area contributed by atoms with Crippen LogP contribution in [-0.2, 0) is 0 Å². The summed E-state index contributed by atoms with van der Waals surface area (Å²) in [7, 11) is 0. The second-order valence-electron chi connectivity index (χ2n) is 8.30. The van der Waals surface area contributed by atoms with Crippen molar-refractivity contribution in [3.63, 3.8) is 0 Å². The highest BCUT2D eigenvalue weighted by Gasteiger charge is 2.20. The lowest BCUT2D eigenvalue weighted by molar-refractivity contribution is 0.0995. The van der Waals surface area contributed by atoms with Crippen molar-refractivity contribution in [3.8, 4) is 17.6 Å². The Morgan fingerprint density at radius 1 is 1.29 bits per heavy atom. The Balaban J connectivity index is 1.65. The van der Waals surface area contributed by atoms with Crippen LogP contribution in [0.25, 0.3) is 10.9 Å². The third-order valence-corrected chi connectivity index (χ3v) is 6.23. The number of pyridine rings is 1. The van der Waals surface area contributed by atoms with E-state index >= 15 is 0 Å². The molecule has 1 aromatic heterocycles. The van der Waals surface area contributed by atoms with E-state index in [0.717, 1.165) is 0 Å². The molecule has 1 amide bonds. The van der Waals surface area contributed by atoms with E-state index in [1.807, 2.05) is 13.0 Å². The lowest BCUT2D eigenvalue weighted by Gasteiger charge is -2.22. The molecule has 3 aromatic rings. The van der Waals surface area contributed by atoms with Gasteiger partial charge in [-0.05, 0) is 49.9 Å². The summed E-state index contributed by atoms with van der Waals surface area (Å²) >= 11 is 6.50. The molecule has 34 heavy (non-hydrogen) atoms. The summed E-state index contributed by atoms with van der Waals surface area (Å²) in [5, 5.41) is 14.1. The van der Waals surface area contributed by atoms with Crippen LogP contribution in [0.1, 0.15) is 55.1 Å². The number of amides is 1. The van der Waals surface area contributed by atoms with Crippen molar-refractivity contribution >= 4 is 39.8 Å². The predicted octanol–water partition coefficient (Wildman–Crippen LogP) is 5.76. The lowest BCUT2D eigenvalue weighted by atomic mass is 9.90. The van der Waals surface area contributed by atoms with Gasteiger partial charge in [0.25, 0.3) is 5.91 Å². The highest BCUT2D eigenvalue weighted by molar-refractivity contribution is 6.32. The van der Waals surface area contributed by atoms with Gasteiger partial charge in [0.15, 0.2) is 0 Å². The van der Waals surface area contributed by atoms with E-state index in [2.05, 4.69) is 22.4 Å². The van der Waals surface area contributed by atoms with Gasteiger partial charge in [0.2, 0.25) is 0 Å². The monoisotopic (exact) mass is 477 g/mol. The van der Waals surface area contributed by atoms with Gasteiger partial charge in [0.05, 0.1) is 29.4 Å². The maximum absolute atomic E-state index is 12.0. The molecule has 7 nitrogen and oxygen atoms in total. The number of carbonyl (C=O) groups excluding carboxylic acids is 1. The molecule has 8 heteroatoms. The molecule has 3 N–H and O–H groups in total. The largest absolute Gasteiger partial charge is 0.493 e. The number of hydrogen-bond acceptors (Lipinski definition) is 6. The van der Waals surface area contributed by atoms with Crippen LogP contribution in [0, 0.1) is 23.3 Å². The maximum Gasteiger partial charge on any atom is 0.268 e. The quantitative estimate of drug-likeness (QED) is 0.426. The molecule has 1 aliphatic rings. The Labute approximate surface area is 203 Å². The van der Waals surface area contributed by atoms with Gasteiger partial charge in [0.1, 0.15) is 28.8 Å². The second kappa shape index (κ2) is 10.6. The van der Waals surface area contributed by atoms with E-state index in [4.69, 9.17) is 26.8 Å². The minimum atomic E-state index is -0.795. The summed E-state index contributed by atoms with van der Waals surface area (Å²) in [5.74, 6) is 0.868. The van der Waals surface area contributed by atoms with Crippen LogP contribution in [-0.4, -0.2) is 24.1 Å². The minimum Gasteiger partial charge on any atom is -0.493 e. The normalized spacial score (nSPS) is 13.9. The molecule has 0 bridgehead atoms. The molecule has 4 rings (SSSR count). The number of anilines is 2. The van der Waals surface area contributed by atoms with Gasteiger partial charge in [-0.1, -0.05) is 30.9 Å². The lowest BCUT2D eigenvalue weighted by Crippen LogP contribution is -2.16. The average Bonchev–Trinajstić information content (AvgIpc) is 2.84. The fourth-order valence-corrected chi connectivity index (χ4v) is 4.48. The molecular formula is C26H26ClN4O3. The van der Waals surface area contributed by atoms with Gasteiger partial charge in [-0.25, -0.2) is 4.98 Å². The van der Waals surface area contributed by atoms with Crippen molar-refractivity contribution in [2.75, 3.05) is 18.5 Å². The fraction of sp³-hybridized carbons (Fsp3) is 0.346. The Hall–Kier alpha value is -3.50. The molecular weight excluding hydrogens is 452 g/mol. The van der Waals surface area contributed by atoms with Crippen molar-refractivity contribution in [2.45, 2.75) is 39.0 Å². The summed E-state index contributed by atoms with van der Waals surface area (Å²) in [6, 6.07) is 13.8. The highest BCUT2D eigenvalue weighted by atomic mass is 35.5. The first kappa shape index (κ1) is 23.7. The molecule has 2 aromatic carbocycles. The van der Waals surface area contributed by atoms with Crippen LogP contribution in [0.3, 0.4) is 0 Å². The van der Waals surface area contributed by atoms with Crippen molar-refractivity contribution in [1.82, 2.24) is 4.98 Å². The third kappa shape index (κ3) is 5.18. The number of halogens is 1. The van der Waals surface area contributed by atoms with E-state index in [0.29, 0.717) is 57.9 Å². The topological polar surface area (TPSA) is 110 Å². The molecule has 1 saturated carbocycles. The van der Waals surface area contributed by atoms with E-state index < -0.39 is 5.91 Å². The number of carbonyl (C=O) groups is 1. The molecule has 1 radical (unpaired) electrons. The Kier molecular flexibility index (Phi) is 7.39. The number of aromatic nitrogens is 1. The zero-order valence-electron chi connectivity index (χ0n) is 19.0. The first-order valence-electron chi connectivity index (χ1n) is 11.4. The average molecular weight is 478 g/mol. The molecule has 0 atom stereocenters. The molecule has 175 valence electrons. The van der Waals surface area contributed by atoms with Crippen LogP contribution in [0.2, 0.25) is 5.02 Å². The van der Waals surface area contributed by atoms with Crippen LogP contribution in [0.5, 0.6) is 11.5 Å². The Bertz CT molecular complexity index is 1250. The summed E-state index contributed by atoms with van der Waals surface area (Å²) in [5.41, 5.74) is 6.93. The predicted molar refractivity (Wildman–Crippen MR) is 132 cm³/mol. The molecule has 0 aliphatic heterocycles. The van der Waals surface area contributed by atoms with Gasteiger partial charge in [0, 0.05) is 23.2 Å².